The molecule has 0 aliphatic carbocycles. The molecule has 3 radical (unpaired) electrons. The first-order chi connectivity index (χ1) is 66.2. The number of ether oxygens (including phenoxy) is 5. The first kappa shape index (κ1) is 114. The molecule has 0 amide bonds. The number of rotatable bonds is 13. The second-order valence-electron chi connectivity index (χ2n) is 29.2. The molecule has 0 bridgehead atoms. The molecule has 0 saturated carbocycles. The van der Waals surface area contributed by atoms with Crippen LogP contribution in [0.1, 0.15) is 141 Å². The van der Waals surface area contributed by atoms with E-state index in [1.807, 2.05) is 126 Å². The van der Waals surface area contributed by atoms with Crippen LogP contribution in [0.4, 0.5) is 0 Å². The number of hydrogen-bond acceptors (Lipinski definition) is 24. The Labute approximate surface area is 876 Å². The average molecular weight is 2250 g/mol. The van der Waals surface area contributed by atoms with Gasteiger partial charge in [-0.15, -0.1) is 11.6 Å². The number of methoxy groups -OCH3 is 3. The molecule has 707 valence electrons. The molecule has 24 nitrogen and oxygen atoms in total. The second kappa shape index (κ2) is 57.5. The van der Waals surface area contributed by atoms with E-state index >= 15 is 0 Å². The second-order valence-corrected chi connectivity index (χ2v) is 35.5. The Morgan fingerprint density at radius 1 is 0.504 bits per heavy atom. The molecular weight excluding hydrogens is 2160 g/mol. The van der Waals surface area contributed by atoms with Crippen LogP contribution in [-0.2, 0) is 56.6 Å². The number of carbonyl (C=O) groups excluding carboxylic acids is 4. The third-order valence-corrected chi connectivity index (χ3v) is 23.9. The molecule has 4 N–H and O–H groups in total. The van der Waals surface area contributed by atoms with Crippen LogP contribution in [0, 0.1) is 94.8 Å². The van der Waals surface area contributed by atoms with Crippen LogP contribution in [0.15, 0.2) is 254 Å². The van der Waals surface area contributed by atoms with Crippen LogP contribution in [-0.4, -0.2) is 105 Å². The molecular formula is C104H90B2Br3Cl3ILiN5O19S. The zero-order valence-corrected chi connectivity index (χ0v) is 87.0. The maximum atomic E-state index is 12.0. The number of esters is 4. The summed E-state index contributed by atoms with van der Waals surface area (Å²) in [6, 6.07) is 74.7. The summed E-state index contributed by atoms with van der Waals surface area (Å²) < 4.78 is 71.7. The summed E-state index contributed by atoms with van der Waals surface area (Å²) in [4.78, 5) is 46.2. The molecule has 16 aromatic rings. The Kier molecular flexibility index (Phi) is 47.2. The van der Waals surface area contributed by atoms with Crippen LogP contribution in [0.5, 0.6) is 5.75 Å². The van der Waals surface area contributed by atoms with Crippen molar-refractivity contribution in [2.45, 2.75) is 87.1 Å². The number of phenolic OH excluding ortho intramolecular Hbond substituents is 1. The van der Waals surface area contributed by atoms with Gasteiger partial charge in [-0.1, -0.05) is 92.7 Å². The van der Waals surface area contributed by atoms with Crippen LogP contribution in [0.3, 0.4) is 0 Å². The number of phenols is 1. The van der Waals surface area contributed by atoms with E-state index < -0.39 is 28.3 Å². The number of aliphatic hydroxyl groups excluding tert-OH is 1. The predicted octanol–water partition coefficient (Wildman–Crippen LogP) is 22.7. The number of nitriles is 5. The number of para-hydroxylation sites is 1. The molecule has 1 aliphatic heterocycles. The topological polar surface area (TPSA) is 397 Å². The van der Waals surface area contributed by atoms with E-state index in [9.17, 15) is 29.4 Å². The first-order valence-corrected chi connectivity index (χ1v) is 48.2. The van der Waals surface area contributed by atoms with Gasteiger partial charge in [-0.05, 0) is 303 Å². The quantitative estimate of drug-likeness (QED) is 0.0208. The van der Waals surface area contributed by atoms with E-state index in [0.717, 1.165) is 158 Å². The number of aromatic hydroxyl groups is 1. The van der Waals surface area contributed by atoms with Gasteiger partial charge >= 0.3 is 49.9 Å². The number of alkyl halides is 1. The summed E-state index contributed by atoms with van der Waals surface area (Å²) >= 11 is 18.7. The summed E-state index contributed by atoms with van der Waals surface area (Å²) in [6.07, 6.45) is 2.68. The van der Waals surface area contributed by atoms with Gasteiger partial charge < -0.3 is 67.5 Å². The number of halogens is 7. The van der Waals surface area contributed by atoms with E-state index in [1.165, 1.54) is 40.2 Å². The van der Waals surface area contributed by atoms with Crippen molar-refractivity contribution in [1.29, 1.82) is 26.3 Å². The number of fused-ring (bicyclic) bond motifs is 5. The Morgan fingerprint density at radius 3 is 1.23 bits per heavy atom. The summed E-state index contributed by atoms with van der Waals surface area (Å²) in [5.74, 6) is 3.03. The van der Waals surface area contributed by atoms with Crippen molar-refractivity contribution in [2.75, 3.05) is 41.2 Å². The minimum absolute atomic E-state index is 0. The fourth-order valence-electron chi connectivity index (χ4n) is 13.6. The van der Waals surface area contributed by atoms with Crippen molar-refractivity contribution >= 4 is 212 Å². The Bertz CT molecular complexity index is 7150. The molecule has 1 fully saturated rings. The monoisotopic (exact) mass is 2240 g/mol. The maximum Gasteiger partial charge on any atom is 1.00 e. The predicted molar refractivity (Wildman–Crippen MR) is 558 cm³/mol. The van der Waals surface area contributed by atoms with E-state index in [0.29, 0.717) is 86.1 Å². The Morgan fingerprint density at radius 2 is 0.856 bits per heavy atom. The number of hydrogen-bond donors (Lipinski definition) is 4. The van der Waals surface area contributed by atoms with Crippen molar-refractivity contribution in [3.05, 3.63) is 325 Å². The van der Waals surface area contributed by atoms with Crippen LogP contribution >= 0.6 is 103 Å². The summed E-state index contributed by atoms with van der Waals surface area (Å²) in [5, 5.41) is 85.4. The number of furan rings is 5. The fraction of sp³-hybridized carbons (Fsp3) is 0.183. The molecule has 17 rings (SSSR count). The van der Waals surface area contributed by atoms with Crippen molar-refractivity contribution in [2.24, 2.45) is 0 Å². The standard InChI is InChI=1S/C18H12BrNO3.C18H13NO3.C17H11BrClNO.C17H12BrNO2.C11H9IO3.C10H12O3.C7H6BNO2.C4H8O.C2H6.B.Cl2OS.Li.H/c1-10-16(19)15-8-13(18(21)22-2)7-14(17(15)23-10)12-5-3-4-11(6-12)9-20;1-11-6-14-8-15(18(20)21-2)9-16(17(14)22-11)13-5-3-4-12(7-13)10-19;1-10-16(18)15-7-12(8-19)6-14(17(15)21-10)13-4-2-3-11(5-13)9-20;1-10-16(18)15-7-12(9-20)6-14(17(15)21-10)13-4-2-3-11(5-13)8-19;1-6-3-7-4-8(11(13)14-2)5-9(12)10(7)15-6;1-2-13-10(12)7-8-5-3-4-6-9(8)11;9-5-6-2-1-3-7(4-6)8(10)11;1-2-4-5-3-1;1-2;;1-4(2)3;;/h3-8H,1-2H3;3-9H,1-2H3;2-7H,8H2,1H3;2-7,20H,9H2,1H3;3-5H,1-2H3;3-6,11H,2,7H2,1H3;1-4,10-11H;1-4H2;1-2H3;;;;/q;;;;;;;;;;;+1;-1/i;;;;;;;;1D;;;;. The number of aliphatic hydroxyl groups is 1. The van der Waals surface area contributed by atoms with E-state index in [-0.39, 0.29) is 59.4 Å². The molecule has 1 saturated heterocycles. The van der Waals surface area contributed by atoms with Gasteiger partial charge in [-0.2, -0.15) is 26.3 Å². The minimum Gasteiger partial charge on any atom is -1.00 e. The smallest absolute Gasteiger partial charge is 1.00 e. The van der Waals surface area contributed by atoms with Crippen molar-refractivity contribution in [1.82, 2.24) is 0 Å². The van der Waals surface area contributed by atoms with Gasteiger partial charge in [0, 0.05) is 105 Å². The van der Waals surface area contributed by atoms with Gasteiger partial charge in [0.1, 0.15) is 62.5 Å². The Hall–Kier alpha value is -12.0. The van der Waals surface area contributed by atoms with Gasteiger partial charge in [0.05, 0.1) is 133 Å². The molecule has 0 atom stereocenters. The zero-order chi connectivity index (χ0) is 101. The van der Waals surface area contributed by atoms with E-state index in [2.05, 4.69) is 121 Å². The van der Waals surface area contributed by atoms with Gasteiger partial charge in [0.25, 0.3) is 0 Å². The number of aryl methyl sites for hydroxylation is 5. The maximum absolute atomic E-state index is 12.0. The molecule has 35 heteroatoms. The molecule has 0 spiro atoms. The molecule has 6 heterocycles. The number of benzene rings is 11. The molecule has 0 unspecified atom stereocenters. The SMILES string of the molecule is C1CCOC1.CCOC(=O)Cc1ccccc1O.COC(=O)c1cc(-c2cccc(C#N)c2)c2oc(C)c(Br)c2c1.COC(=O)c1cc(-c2cccc(C#N)c2)c2oc(C)cc2c1.COC(=O)c1cc(I)c2oc(C)cc2c1.Cc1oc2c(-c3cccc(C#N)c3)cc(CCl)cc2c1Br.Cc1oc2c(-c3cccc(C#N)c3)cc(CO)cc2c1Br.N#Cc1cccc(B(O)O)c1.O=S(Cl)Cl.[2H]CC.[B].[H-].[Li+]. The molecule has 11 aromatic carbocycles. The zero-order valence-electron chi connectivity index (χ0n) is 79.0. The number of carbonyl (C=O) groups is 4. The van der Waals surface area contributed by atoms with Crippen molar-refractivity contribution < 1.29 is 111 Å². The third kappa shape index (κ3) is 32.3. The molecule has 1 aliphatic rings. The van der Waals surface area contributed by atoms with Crippen LogP contribution < -0.4 is 24.3 Å². The number of nitrogens with zero attached hydrogens (tertiary/aromatic N) is 5. The summed E-state index contributed by atoms with van der Waals surface area (Å²) in [5.41, 5.74) is 17.5. The van der Waals surface area contributed by atoms with E-state index in [1.54, 1.807) is 141 Å². The van der Waals surface area contributed by atoms with Crippen molar-refractivity contribution in [3.63, 3.8) is 0 Å². The first-order valence-electron chi connectivity index (χ1n) is 42.1. The largest absolute Gasteiger partial charge is 1.00 e. The summed E-state index contributed by atoms with van der Waals surface area (Å²) in [6.45, 7) is 15.8. The fourth-order valence-corrected chi connectivity index (χ4v) is 15.6. The van der Waals surface area contributed by atoms with Crippen LogP contribution in [0.25, 0.3) is 99.4 Å². The summed E-state index contributed by atoms with van der Waals surface area (Å²) in [7, 11) is 9.93. The Balaban J connectivity index is 0.000000286. The van der Waals surface area contributed by atoms with Crippen LogP contribution in [0.2, 0.25) is 0 Å². The normalized spacial score (nSPS) is 10.6. The van der Waals surface area contributed by atoms with Crippen molar-refractivity contribution in [3.8, 4) is 80.6 Å². The van der Waals surface area contributed by atoms with Gasteiger partial charge in [0.2, 0.25) is 9.23 Å². The minimum atomic E-state index is -1.67. The molecule has 139 heavy (non-hydrogen) atoms. The molecule has 5 aromatic heterocycles. The van der Waals surface area contributed by atoms with Gasteiger partial charge in [0.15, 0.2) is 0 Å². The van der Waals surface area contributed by atoms with E-state index in [4.69, 9.17) is 94.6 Å². The third-order valence-electron chi connectivity index (χ3n) is 19.8. The average Bonchev–Trinajstić information content (AvgIpc) is 1.60. The van der Waals surface area contributed by atoms with Gasteiger partial charge in [-0.25, -0.2) is 18.6 Å². The van der Waals surface area contributed by atoms with Gasteiger partial charge in [-0.3, -0.25) is 4.79 Å².